The van der Waals surface area contributed by atoms with Crippen LogP contribution in [0.5, 0.6) is 11.5 Å². The Morgan fingerprint density at radius 3 is 2.78 bits per heavy atom. The number of terminal acetylenes is 1. The molecule has 1 aliphatic heterocycles. The molecule has 1 N–H and O–H groups in total. The SMILES string of the molecule is C#CCOc1c(Br)cc(/C=C2\SC(=O)N(CC(=O)Nc3cccc(C)c3)C2=O)cc1OC. The first-order valence-corrected chi connectivity index (χ1v) is 11.0. The molecule has 0 bridgehead atoms. The smallest absolute Gasteiger partial charge is 0.294 e. The summed E-state index contributed by atoms with van der Waals surface area (Å²) in [5.41, 5.74) is 2.19. The number of amides is 3. The number of benzene rings is 2. The minimum Gasteiger partial charge on any atom is -0.493 e. The van der Waals surface area contributed by atoms with Gasteiger partial charge >= 0.3 is 0 Å². The highest BCUT2D eigenvalue weighted by molar-refractivity contribution is 9.10. The number of anilines is 1. The fourth-order valence-corrected chi connectivity index (χ4v) is 4.34. The van der Waals surface area contributed by atoms with Crippen LogP contribution in [0.25, 0.3) is 6.08 Å². The molecule has 0 saturated carbocycles. The predicted octanol–water partition coefficient (Wildman–Crippen LogP) is 4.45. The van der Waals surface area contributed by atoms with Crippen LogP contribution in [-0.2, 0) is 9.59 Å². The Kier molecular flexibility index (Phi) is 7.62. The topological polar surface area (TPSA) is 84.9 Å². The lowest BCUT2D eigenvalue weighted by Crippen LogP contribution is -2.36. The second-order valence-corrected chi connectivity index (χ2v) is 8.56. The van der Waals surface area contributed by atoms with Crippen molar-refractivity contribution in [2.24, 2.45) is 0 Å². The highest BCUT2D eigenvalue weighted by Crippen LogP contribution is 2.39. The van der Waals surface area contributed by atoms with E-state index in [4.69, 9.17) is 15.9 Å². The lowest BCUT2D eigenvalue weighted by atomic mass is 10.2. The molecule has 1 heterocycles. The van der Waals surface area contributed by atoms with E-state index in [-0.39, 0.29) is 18.1 Å². The molecule has 0 spiro atoms. The van der Waals surface area contributed by atoms with Crippen molar-refractivity contribution >= 4 is 56.5 Å². The van der Waals surface area contributed by atoms with Crippen LogP contribution in [0.15, 0.2) is 45.8 Å². The van der Waals surface area contributed by atoms with Gasteiger partial charge in [-0.1, -0.05) is 18.1 Å². The molecular formula is C23H19BrN2O5S. The largest absolute Gasteiger partial charge is 0.493 e. The normalized spacial score (nSPS) is 14.4. The molecule has 0 atom stereocenters. The summed E-state index contributed by atoms with van der Waals surface area (Å²) < 4.78 is 11.4. The van der Waals surface area contributed by atoms with Crippen molar-refractivity contribution in [3.63, 3.8) is 0 Å². The molecule has 3 rings (SSSR count). The van der Waals surface area contributed by atoms with Crippen molar-refractivity contribution in [1.29, 1.82) is 0 Å². The maximum absolute atomic E-state index is 12.8. The number of ether oxygens (including phenoxy) is 2. The molecule has 2 aromatic carbocycles. The second-order valence-electron chi connectivity index (χ2n) is 6.71. The highest BCUT2D eigenvalue weighted by Gasteiger charge is 2.36. The summed E-state index contributed by atoms with van der Waals surface area (Å²) in [5, 5.41) is 2.18. The van der Waals surface area contributed by atoms with Crippen LogP contribution in [0.3, 0.4) is 0 Å². The summed E-state index contributed by atoms with van der Waals surface area (Å²) in [4.78, 5) is 38.6. The number of carbonyl (C=O) groups excluding carboxylic acids is 3. The molecule has 3 amide bonds. The Morgan fingerprint density at radius 1 is 1.31 bits per heavy atom. The fraction of sp³-hybridized carbons (Fsp3) is 0.174. The molecule has 7 nitrogen and oxygen atoms in total. The van der Waals surface area contributed by atoms with Crippen molar-refractivity contribution in [2.45, 2.75) is 6.92 Å². The monoisotopic (exact) mass is 514 g/mol. The van der Waals surface area contributed by atoms with Gasteiger partial charge in [-0.3, -0.25) is 19.3 Å². The molecule has 1 saturated heterocycles. The van der Waals surface area contributed by atoms with Crippen LogP contribution >= 0.6 is 27.7 Å². The van der Waals surface area contributed by atoms with Gasteiger partial charge in [0.1, 0.15) is 13.2 Å². The molecule has 0 aliphatic carbocycles. The Morgan fingerprint density at radius 2 is 2.09 bits per heavy atom. The van der Waals surface area contributed by atoms with E-state index in [2.05, 4.69) is 27.2 Å². The van der Waals surface area contributed by atoms with Gasteiger partial charge in [-0.05, 0) is 76.1 Å². The maximum Gasteiger partial charge on any atom is 0.294 e. The maximum atomic E-state index is 12.8. The third-order valence-corrected chi connectivity index (χ3v) is 5.82. The first-order valence-electron chi connectivity index (χ1n) is 9.38. The summed E-state index contributed by atoms with van der Waals surface area (Å²) in [6.45, 7) is 1.59. The van der Waals surface area contributed by atoms with Crippen LogP contribution in [0.1, 0.15) is 11.1 Å². The number of nitrogens with zero attached hydrogens (tertiary/aromatic N) is 1. The van der Waals surface area contributed by atoms with Gasteiger partial charge in [0.15, 0.2) is 11.5 Å². The Balaban J connectivity index is 1.76. The van der Waals surface area contributed by atoms with Gasteiger partial charge in [-0.25, -0.2) is 0 Å². The zero-order valence-electron chi connectivity index (χ0n) is 17.3. The zero-order valence-corrected chi connectivity index (χ0v) is 19.7. The number of hydrogen-bond acceptors (Lipinski definition) is 6. The van der Waals surface area contributed by atoms with Gasteiger partial charge in [0.05, 0.1) is 16.5 Å². The summed E-state index contributed by atoms with van der Waals surface area (Å²) >= 11 is 4.17. The lowest BCUT2D eigenvalue weighted by Gasteiger charge is -2.13. The third kappa shape index (κ3) is 5.52. The van der Waals surface area contributed by atoms with Crippen molar-refractivity contribution in [2.75, 3.05) is 25.6 Å². The number of halogens is 1. The Labute approximate surface area is 198 Å². The number of rotatable bonds is 7. The Bertz CT molecular complexity index is 1160. The lowest BCUT2D eigenvalue weighted by molar-refractivity contribution is -0.127. The van der Waals surface area contributed by atoms with Gasteiger partial charge in [0.25, 0.3) is 11.1 Å². The van der Waals surface area contributed by atoms with Gasteiger partial charge in [-0.2, -0.15) is 0 Å². The molecule has 164 valence electrons. The van der Waals surface area contributed by atoms with Crippen LogP contribution < -0.4 is 14.8 Å². The molecule has 0 unspecified atom stereocenters. The molecule has 1 aliphatic rings. The van der Waals surface area contributed by atoms with Gasteiger partial charge in [0.2, 0.25) is 5.91 Å². The number of hydrogen-bond donors (Lipinski definition) is 1. The number of nitrogens with one attached hydrogen (secondary N) is 1. The third-order valence-electron chi connectivity index (χ3n) is 4.33. The highest BCUT2D eigenvalue weighted by atomic mass is 79.9. The molecular weight excluding hydrogens is 496 g/mol. The van der Waals surface area contributed by atoms with E-state index < -0.39 is 17.1 Å². The van der Waals surface area contributed by atoms with Crippen LogP contribution in [0.4, 0.5) is 10.5 Å². The summed E-state index contributed by atoms with van der Waals surface area (Å²) in [6, 6.07) is 10.6. The predicted molar refractivity (Wildman–Crippen MR) is 128 cm³/mol. The zero-order chi connectivity index (χ0) is 23.3. The van der Waals surface area contributed by atoms with E-state index in [9.17, 15) is 14.4 Å². The van der Waals surface area contributed by atoms with Gasteiger partial charge < -0.3 is 14.8 Å². The molecule has 0 radical (unpaired) electrons. The summed E-state index contributed by atoms with van der Waals surface area (Å²) in [6.07, 6.45) is 6.79. The Hall–Kier alpha value is -3.22. The molecule has 0 aromatic heterocycles. The first kappa shape index (κ1) is 23.4. The molecule has 1 fully saturated rings. The number of carbonyl (C=O) groups is 3. The van der Waals surface area contributed by atoms with Gasteiger partial charge in [0, 0.05) is 5.69 Å². The first-order chi connectivity index (χ1) is 15.3. The van der Waals surface area contributed by atoms with E-state index in [0.717, 1.165) is 22.2 Å². The average Bonchev–Trinajstić information content (AvgIpc) is 3.00. The number of aryl methyl sites for hydroxylation is 1. The van der Waals surface area contributed by atoms with Gasteiger partial charge in [-0.15, -0.1) is 6.42 Å². The standard InChI is InChI=1S/C23H19BrN2O5S/c1-4-8-31-21-17(24)10-15(11-18(21)30-3)12-19-22(28)26(23(29)32-19)13-20(27)25-16-7-5-6-14(2)9-16/h1,5-7,9-12H,8,13H2,2-3H3,(H,25,27)/b19-12-. The van der Waals surface area contributed by atoms with Crippen molar-refractivity contribution in [1.82, 2.24) is 4.90 Å². The van der Waals surface area contributed by atoms with Crippen molar-refractivity contribution in [3.8, 4) is 23.8 Å². The minimum atomic E-state index is -0.540. The second kappa shape index (κ2) is 10.4. The molecule has 32 heavy (non-hydrogen) atoms. The molecule has 2 aromatic rings. The van der Waals surface area contributed by atoms with E-state index in [1.807, 2.05) is 19.1 Å². The number of imide groups is 1. The van der Waals surface area contributed by atoms with E-state index in [0.29, 0.717) is 27.2 Å². The van der Waals surface area contributed by atoms with E-state index in [1.54, 1.807) is 30.3 Å². The van der Waals surface area contributed by atoms with Crippen LogP contribution in [0.2, 0.25) is 0 Å². The molecule has 9 heteroatoms. The number of methoxy groups -OCH3 is 1. The van der Waals surface area contributed by atoms with Crippen LogP contribution in [-0.4, -0.2) is 42.2 Å². The summed E-state index contributed by atoms with van der Waals surface area (Å²) in [7, 11) is 1.48. The minimum absolute atomic E-state index is 0.0673. The van der Waals surface area contributed by atoms with Crippen molar-refractivity contribution < 1.29 is 23.9 Å². The quantitative estimate of drug-likeness (QED) is 0.433. The van der Waals surface area contributed by atoms with Crippen LogP contribution in [0, 0.1) is 19.3 Å². The number of thioether (sulfide) groups is 1. The van der Waals surface area contributed by atoms with Crippen molar-refractivity contribution in [3.05, 3.63) is 56.9 Å². The average molecular weight is 515 g/mol. The van der Waals surface area contributed by atoms with E-state index >= 15 is 0 Å². The van der Waals surface area contributed by atoms with E-state index in [1.165, 1.54) is 7.11 Å². The fourth-order valence-electron chi connectivity index (χ4n) is 2.93. The summed E-state index contributed by atoms with van der Waals surface area (Å²) in [5.74, 6) is 2.23.